The number of fused-ring (bicyclic) bond motifs is 1. The number of benzene rings is 5. The predicted octanol–water partition coefficient (Wildman–Crippen LogP) is 7.05. The lowest BCUT2D eigenvalue weighted by Gasteiger charge is -2.44. The van der Waals surface area contributed by atoms with Gasteiger partial charge >= 0.3 is 0 Å². The molecule has 1 heterocycles. The first kappa shape index (κ1) is 24.1. The Morgan fingerprint density at radius 1 is 0.684 bits per heavy atom. The van der Waals surface area contributed by atoms with Crippen LogP contribution in [0.4, 0.5) is 10.1 Å². The lowest BCUT2D eigenvalue weighted by molar-refractivity contribution is -0.133. The maximum Gasteiger partial charge on any atom is 0.269 e. The Hall–Kier alpha value is -4.25. The van der Waals surface area contributed by atoms with Gasteiger partial charge in [-0.1, -0.05) is 115 Å². The van der Waals surface area contributed by atoms with Crippen LogP contribution in [0.3, 0.4) is 0 Å². The molecule has 1 aliphatic rings. The fourth-order valence-electron chi connectivity index (χ4n) is 5.61. The summed E-state index contributed by atoms with van der Waals surface area (Å²) in [5.41, 5.74) is 0.0616. The van der Waals surface area contributed by atoms with Crippen LogP contribution >= 0.6 is 11.6 Å². The van der Waals surface area contributed by atoms with E-state index in [1.165, 1.54) is 12.1 Å². The van der Waals surface area contributed by atoms with Crippen molar-refractivity contribution in [2.45, 2.75) is 11.1 Å². The second-order valence-corrected chi connectivity index (χ2v) is 9.76. The second-order valence-electron chi connectivity index (χ2n) is 9.33. The van der Waals surface area contributed by atoms with E-state index < -0.39 is 22.9 Å². The quantitative estimate of drug-likeness (QED) is 0.253. The molecule has 0 unspecified atom stereocenters. The molecule has 0 spiro atoms. The van der Waals surface area contributed by atoms with Gasteiger partial charge in [0.05, 0.1) is 5.69 Å². The number of aliphatic hydroxyl groups is 1. The standard InChI is InChI=1S/C33H23ClFNO2/c34-27-18-16-26(17-19-27)33(38)29-22-28(35)20-21-30(29)36(31(33)37)32(23-10-4-1-5-11-23,24-12-6-2-7-13-24)25-14-8-3-9-15-25/h1-22,38H/t33-/m1/s1. The molecule has 0 fully saturated rings. The van der Waals surface area contributed by atoms with E-state index in [9.17, 15) is 14.3 Å². The van der Waals surface area contributed by atoms with Gasteiger partial charge in [0.15, 0.2) is 5.60 Å². The van der Waals surface area contributed by atoms with Gasteiger partial charge in [0.25, 0.3) is 5.91 Å². The van der Waals surface area contributed by atoms with Crippen LogP contribution in [-0.2, 0) is 15.9 Å². The largest absolute Gasteiger partial charge is 0.372 e. The molecule has 0 radical (unpaired) electrons. The Morgan fingerprint density at radius 2 is 1.16 bits per heavy atom. The minimum absolute atomic E-state index is 0.178. The highest BCUT2D eigenvalue weighted by atomic mass is 35.5. The summed E-state index contributed by atoms with van der Waals surface area (Å²) in [5, 5.41) is 12.7. The van der Waals surface area contributed by atoms with E-state index in [4.69, 9.17) is 11.6 Å². The van der Waals surface area contributed by atoms with Crippen LogP contribution in [0.2, 0.25) is 5.02 Å². The smallest absolute Gasteiger partial charge is 0.269 e. The fourth-order valence-corrected chi connectivity index (χ4v) is 5.73. The topological polar surface area (TPSA) is 40.5 Å². The molecule has 0 aromatic heterocycles. The van der Waals surface area contributed by atoms with Crippen LogP contribution < -0.4 is 4.90 Å². The average molecular weight is 520 g/mol. The summed E-state index contributed by atoms with van der Waals surface area (Å²) in [6.45, 7) is 0. The number of rotatable bonds is 5. The van der Waals surface area contributed by atoms with Crippen molar-refractivity contribution in [1.82, 2.24) is 0 Å². The number of nitrogens with zero attached hydrogens (tertiary/aromatic N) is 1. The van der Waals surface area contributed by atoms with Crippen LogP contribution in [0.1, 0.15) is 27.8 Å². The molecule has 0 bridgehead atoms. The summed E-state index contributed by atoms with van der Waals surface area (Å²) >= 11 is 6.13. The number of carbonyl (C=O) groups excluding carboxylic acids is 1. The van der Waals surface area contributed by atoms with Gasteiger partial charge in [-0.2, -0.15) is 0 Å². The number of amides is 1. The van der Waals surface area contributed by atoms with E-state index in [-0.39, 0.29) is 5.56 Å². The molecule has 0 aliphatic carbocycles. The Morgan fingerprint density at radius 3 is 1.63 bits per heavy atom. The molecule has 5 aromatic rings. The first-order chi connectivity index (χ1) is 18.5. The van der Waals surface area contributed by atoms with Crippen LogP contribution in [-0.4, -0.2) is 11.0 Å². The molecule has 3 nitrogen and oxygen atoms in total. The first-order valence-electron chi connectivity index (χ1n) is 12.3. The van der Waals surface area contributed by atoms with Crippen molar-refractivity contribution >= 4 is 23.2 Å². The molecule has 0 saturated heterocycles. The zero-order valence-corrected chi connectivity index (χ0v) is 21.0. The van der Waals surface area contributed by atoms with Crippen molar-refractivity contribution in [3.05, 3.63) is 172 Å². The van der Waals surface area contributed by atoms with Gasteiger partial charge in [-0.15, -0.1) is 0 Å². The van der Waals surface area contributed by atoms with Gasteiger partial charge in [0, 0.05) is 10.6 Å². The molecule has 0 saturated carbocycles. The van der Waals surface area contributed by atoms with E-state index in [0.717, 1.165) is 16.7 Å². The fraction of sp³-hybridized carbons (Fsp3) is 0.0606. The van der Waals surface area contributed by atoms with Crippen molar-refractivity contribution < 1.29 is 14.3 Å². The average Bonchev–Trinajstić information content (AvgIpc) is 3.18. The van der Waals surface area contributed by atoms with Crippen LogP contribution in [0.15, 0.2) is 133 Å². The first-order valence-corrected chi connectivity index (χ1v) is 12.6. The molecule has 38 heavy (non-hydrogen) atoms. The van der Waals surface area contributed by atoms with Gasteiger partial charge in [-0.25, -0.2) is 4.39 Å². The lowest BCUT2D eigenvalue weighted by atomic mass is 9.75. The van der Waals surface area contributed by atoms with Crippen LogP contribution in [0.5, 0.6) is 0 Å². The molecular weight excluding hydrogens is 497 g/mol. The van der Waals surface area contributed by atoms with Gasteiger partial charge in [-0.3, -0.25) is 9.69 Å². The molecule has 5 aromatic carbocycles. The summed E-state index contributed by atoms with van der Waals surface area (Å²) in [7, 11) is 0. The van der Waals surface area contributed by atoms with Crippen molar-refractivity contribution in [2.75, 3.05) is 4.90 Å². The van der Waals surface area contributed by atoms with Crippen molar-refractivity contribution in [3.8, 4) is 0 Å². The van der Waals surface area contributed by atoms with E-state index in [1.54, 1.807) is 35.2 Å². The molecule has 5 heteroatoms. The van der Waals surface area contributed by atoms with Crippen molar-refractivity contribution in [1.29, 1.82) is 0 Å². The molecular formula is C33H23ClFNO2. The molecule has 186 valence electrons. The third-order valence-electron chi connectivity index (χ3n) is 7.27. The highest BCUT2D eigenvalue weighted by Crippen LogP contribution is 2.54. The van der Waals surface area contributed by atoms with Crippen LogP contribution in [0, 0.1) is 5.82 Å². The highest BCUT2D eigenvalue weighted by Gasteiger charge is 2.58. The van der Waals surface area contributed by atoms with E-state index in [0.29, 0.717) is 16.3 Å². The number of halogens is 2. The Labute approximate surface area is 225 Å². The van der Waals surface area contributed by atoms with Gasteiger partial charge < -0.3 is 5.11 Å². The highest BCUT2D eigenvalue weighted by molar-refractivity contribution is 6.30. The van der Waals surface area contributed by atoms with Gasteiger partial charge in [0.1, 0.15) is 11.4 Å². The predicted molar refractivity (Wildman–Crippen MR) is 148 cm³/mol. The molecule has 6 rings (SSSR count). The minimum Gasteiger partial charge on any atom is -0.372 e. The summed E-state index contributed by atoms with van der Waals surface area (Å²) in [6.07, 6.45) is 0. The molecule has 1 atom stereocenters. The summed E-state index contributed by atoms with van der Waals surface area (Å²) in [6, 6.07) is 39.7. The molecule has 1 amide bonds. The third-order valence-corrected chi connectivity index (χ3v) is 7.53. The minimum atomic E-state index is -2.13. The summed E-state index contributed by atoms with van der Waals surface area (Å²) < 4.78 is 14.7. The number of hydrogen-bond donors (Lipinski definition) is 1. The summed E-state index contributed by atoms with van der Waals surface area (Å²) in [5.74, 6) is -1.13. The van der Waals surface area contributed by atoms with Crippen LogP contribution in [0.25, 0.3) is 0 Å². The lowest BCUT2D eigenvalue weighted by Crippen LogP contribution is -2.53. The zero-order valence-electron chi connectivity index (χ0n) is 20.3. The normalized spacial score (nSPS) is 16.9. The molecule has 1 N–H and O–H groups in total. The number of hydrogen-bond acceptors (Lipinski definition) is 2. The SMILES string of the molecule is O=C1N(C(c2ccccc2)(c2ccccc2)c2ccccc2)c2ccc(F)cc2[C@]1(O)c1ccc(Cl)cc1. The maximum absolute atomic E-state index is 14.8. The second kappa shape index (κ2) is 9.25. The Balaban J connectivity index is 1.74. The molecule has 1 aliphatic heterocycles. The zero-order chi connectivity index (χ0) is 26.3. The van der Waals surface area contributed by atoms with E-state index in [2.05, 4.69) is 0 Å². The van der Waals surface area contributed by atoms with E-state index >= 15 is 0 Å². The van der Waals surface area contributed by atoms with Gasteiger partial charge in [0.2, 0.25) is 0 Å². The Kier molecular flexibility index (Phi) is 5.87. The monoisotopic (exact) mass is 519 g/mol. The van der Waals surface area contributed by atoms with Crippen molar-refractivity contribution in [3.63, 3.8) is 0 Å². The van der Waals surface area contributed by atoms with E-state index in [1.807, 2.05) is 91.0 Å². The third kappa shape index (κ3) is 3.49. The van der Waals surface area contributed by atoms with Crippen molar-refractivity contribution in [2.24, 2.45) is 0 Å². The van der Waals surface area contributed by atoms with Gasteiger partial charge in [-0.05, 0) is 52.6 Å². The number of carbonyl (C=O) groups is 1. The number of anilines is 1. The Bertz CT molecular complexity index is 1510. The maximum atomic E-state index is 14.8. The summed E-state index contributed by atoms with van der Waals surface area (Å²) in [4.78, 5) is 16.4.